The van der Waals surface area contributed by atoms with Crippen molar-refractivity contribution in [1.29, 1.82) is 0 Å². The molecule has 1 atom stereocenters. The summed E-state index contributed by atoms with van der Waals surface area (Å²) < 4.78 is 0. The van der Waals surface area contributed by atoms with Gasteiger partial charge in [-0.05, 0) is 42.0 Å². The van der Waals surface area contributed by atoms with Crippen LogP contribution in [-0.2, 0) is 0 Å². The molecule has 84 valence electrons. The van der Waals surface area contributed by atoms with E-state index in [1.54, 1.807) is 0 Å². The summed E-state index contributed by atoms with van der Waals surface area (Å²) in [5, 5.41) is 0.817. The summed E-state index contributed by atoms with van der Waals surface area (Å²) in [4.78, 5) is 0. The van der Waals surface area contributed by atoms with Crippen molar-refractivity contribution in [3.63, 3.8) is 0 Å². The van der Waals surface area contributed by atoms with E-state index in [0.717, 1.165) is 10.6 Å². The average molecular weight is 226 g/mol. The largest absolute Gasteiger partial charge is 0.324 e. The first-order valence-electron chi connectivity index (χ1n) is 5.25. The van der Waals surface area contributed by atoms with Crippen molar-refractivity contribution in [2.75, 3.05) is 0 Å². The zero-order valence-electron chi connectivity index (χ0n) is 10.2. The number of halogens is 1. The van der Waals surface area contributed by atoms with Gasteiger partial charge < -0.3 is 5.73 Å². The molecule has 0 bridgehead atoms. The molecule has 0 aromatic heterocycles. The molecule has 0 fully saturated rings. The molecule has 0 saturated heterocycles. The van der Waals surface area contributed by atoms with Crippen LogP contribution in [0.1, 0.15) is 43.5 Å². The molecule has 1 aromatic rings. The van der Waals surface area contributed by atoms with Gasteiger partial charge in [-0.1, -0.05) is 38.4 Å². The lowest BCUT2D eigenvalue weighted by Gasteiger charge is -2.29. The molecular weight excluding hydrogens is 206 g/mol. The van der Waals surface area contributed by atoms with Crippen LogP contribution < -0.4 is 5.73 Å². The lowest BCUT2D eigenvalue weighted by molar-refractivity contribution is 0.326. The monoisotopic (exact) mass is 225 g/mol. The molecule has 0 aliphatic heterocycles. The SMILES string of the molecule is Cc1cc(C(N)C(C)(C)C)c(C)cc1Cl. The fraction of sp³-hybridized carbons (Fsp3) is 0.538. The topological polar surface area (TPSA) is 26.0 Å². The maximum absolute atomic E-state index is 6.25. The van der Waals surface area contributed by atoms with Crippen LogP contribution in [-0.4, -0.2) is 0 Å². The molecule has 1 rings (SSSR count). The second kappa shape index (κ2) is 4.15. The molecular formula is C13H20ClN. The molecule has 2 N–H and O–H groups in total. The lowest BCUT2D eigenvalue weighted by atomic mass is 9.81. The van der Waals surface area contributed by atoms with Gasteiger partial charge in [0.15, 0.2) is 0 Å². The van der Waals surface area contributed by atoms with Gasteiger partial charge in [0.2, 0.25) is 0 Å². The van der Waals surface area contributed by atoms with Crippen molar-refractivity contribution < 1.29 is 0 Å². The molecule has 0 aliphatic carbocycles. The van der Waals surface area contributed by atoms with Crippen LogP contribution in [0.3, 0.4) is 0 Å². The fourth-order valence-electron chi connectivity index (χ4n) is 1.60. The average Bonchev–Trinajstić information content (AvgIpc) is 2.08. The lowest BCUT2D eigenvalue weighted by Crippen LogP contribution is -2.27. The predicted octanol–water partition coefficient (Wildman–Crippen LogP) is 4.00. The first kappa shape index (κ1) is 12.5. The maximum Gasteiger partial charge on any atom is 0.0438 e. The van der Waals surface area contributed by atoms with E-state index in [4.69, 9.17) is 17.3 Å². The molecule has 0 amide bonds. The van der Waals surface area contributed by atoms with Gasteiger partial charge in [0.1, 0.15) is 0 Å². The van der Waals surface area contributed by atoms with Gasteiger partial charge in [0.25, 0.3) is 0 Å². The molecule has 0 aliphatic rings. The normalized spacial score (nSPS) is 14.1. The highest BCUT2D eigenvalue weighted by molar-refractivity contribution is 6.31. The van der Waals surface area contributed by atoms with Gasteiger partial charge in [-0.2, -0.15) is 0 Å². The van der Waals surface area contributed by atoms with Crippen molar-refractivity contribution in [3.8, 4) is 0 Å². The number of aryl methyl sites for hydroxylation is 2. The molecule has 0 heterocycles. The zero-order valence-corrected chi connectivity index (χ0v) is 10.9. The van der Waals surface area contributed by atoms with E-state index < -0.39 is 0 Å². The quantitative estimate of drug-likeness (QED) is 0.768. The second-order valence-corrected chi connectivity index (χ2v) is 5.71. The third-order valence-corrected chi connectivity index (χ3v) is 3.22. The summed E-state index contributed by atoms with van der Waals surface area (Å²) in [6, 6.07) is 4.15. The number of nitrogens with two attached hydrogens (primary N) is 1. The Balaban J connectivity index is 3.21. The molecule has 1 aromatic carbocycles. The minimum absolute atomic E-state index is 0.0495. The minimum atomic E-state index is 0.0495. The summed E-state index contributed by atoms with van der Waals surface area (Å²) in [5.74, 6) is 0. The van der Waals surface area contributed by atoms with E-state index in [1.807, 2.05) is 13.0 Å². The summed E-state index contributed by atoms with van der Waals surface area (Å²) in [6.45, 7) is 10.5. The van der Waals surface area contributed by atoms with Gasteiger partial charge in [-0.3, -0.25) is 0 Å². The van der Waals surface area contributed by atoms with Crippen LogP contribution in [0.15, 0.2) is 12.1 Å². The fourth-order valence-corrected chi connectivity index (χ4v) is 1.82. The van der Waals surface area contributed by atoms with Crippen LogP contribution in [0.5, 0.6) is 0 Å². The zero-order chi connectivity index (χ0) is 11.8. The van der Waals surface area contributed by atoms with Gasteiger partial charge in [0, 0.05) is 11.1 Å². The first-order chi connectivity index (χ1) is 6.73. The summed E-state index contributed by atoms with van der Waals surface area (Å²) >= 11 is 6.06. The number of rotatable bonds is 1. The van der Waals surface area contributed by atoms with Crippen LogP contribution in [0, 0.1) is 19.3 Å². The van der Waals surface area contributed by atoms with Crippen LogP contribution in [0.4, 0.5) is 0 Å². The highest BCUT2D eigenvalue weighted by Gasteiger charge is 2.23. The standard InChI is InChI=1S/C13H20ClN/c1-8-7-11(14)9(2)6-10(8)12(15)13(3,4)5/h6-7,12H,15H2,1-5H3. The highest BCUT2D eigenvalue weighted by atomic mass is 35.5. The number of benzene rings is 1. The molecule has 1 nitrogen and oxygen atoms in total. The summed E-state index contributed by atoms with van der Waals surface area (Å²) in [5.41, 5.74) is 9.79. The van der Waals surface area contributed by atoms with Crippen molar-refractivity contribution in [1.82, 2.24) is 0 Å². The Labute approximate surface area is 97.6 Å². The molecule has 15 heavy (non-hydrogen) atoms. The summed E-state index contributed by atoms with van der Waals surface area (Å²) in [6.07, 6.45) is 0. The Morgan fingerprint density at radius 2 is 1.67 bits per heavy atom. The van der Waals surface area contributed by atoms with E-state index in [-0.39, 0.29) is 11.5 Å². The van der Waals surface area contributed by atoms with Crippen molar-refractivity contribution in [3.05, 3.63) is 33.8 Å². The van der Waals surface area contributed by atoms with E-state index in [2.05, 4.69) is 33.8 Å². The number of hydrogen-bond acceptors (Lipinski definition) is 1. The van der Waals surface area contributed by atoms with E-state index >= 15 is 0 Å². The third-order valence-electron chi connectivity index (χ3n) is 2.82. The predicted molar refractivity (Wildman–Crippen MR) is 67.3 cm³/mol. The van der Waals surface area contributed by atoms with E-state index in [0.29, 0.717) is 0 Å². The van der Waals surface area contributed by atoms with Gasteiger partial charge in [0.05, 0.1) is 0 Å². The Kier molecular flexibility index (Phi) is 3.47. The van der Waals surface area contributed by atoms with Gasteiger partial charge in [-0.25, -0.2) is 0 Å². The molecule has 0 saturated carbocycles. The Morgan fingerprint density at radius 1 is 1.13 bits per heavy atom. The molecule has 2 heteroatoms. The van der Waals surface area contributed by atoms with E-state index in [9.17, 15) is 0 Å². The van der Waals surface area contributed by atoms with Gasteiger partial charge >= 0.3 is 0 Å². The Bertz CT molecular complexity index is 364. The highest BCUT2D eigenvalue weighted by Crippen LogP contribution is 2.34. The molecule has 0 spiro atoms. The second-order valence-electron chi connectivity index (χ2n) is 5.30. The summed E-state index contributed by atoms with van der Waals surface area (Å²) in [7, 11) is 0. The first-order valence-corrected chi connectivity index (χ1v) is 5.63. The smallest absolute Gasteiger partial charge is 0.0438 e. The maximum atomic E-state index is 6.25. The van der Waals surface area contributed by atoms with Crippen LogP contribution >= 0.6 is 11.6 Å². The van der Waals surface area contributed by atoms with Gasteiger partial charge in [-0.15, -0.1) is 0 Å². The van der Waals surface area contributed by atoms with Crippen LogP contribution in [0.25, 0.3) is 0 Å². The Morgan fingerprint density at radius 3 is 2.13 bits per heavy atom. The van der Waals surface area contributed by atoms with Crippen molar-refractivity contribution in [2.24, 2.45) is 11.1 Å². The van der Waals surface area contributed by atoms with Crippen molar-refractivity contribution in [2.45, 2.75) is 40.7 Å². The van der Waals surface area contributed by atoms with Crippen LogP contribution in [0.2, 0.25) is 5.02 Å². The molecule has 0 radical (unpaired) electrons. The minimum Gasteiger partial charge on any atom is -0.324 e. The Hall–Kier alpha value is -0.530. The third kappa shape index (κ3) is 2.73. The van der Waals surface area contributed by atoms with E-state index in [1.165, 1.54) is 11.1 Å². The van der Waals surface area contributed by atoms with Crippen molar-refractivity contribution >= 4 is 11.6 Å². The number of hydrogen-bond donors (Lipinski definition) is 1. The molecule has 1 unspecified atom stereocenters.